The molecule has 3 aromatic rings. The van der Waals surface area contributed by atoms with Crippen LogP contribution in [0.2, 0.25) is 0 Å². The van der Waals surface area contributed by atoms with Crippen molar-refractivity contribution in [1.29, 1.82) is 0 Å². The topological polar surface area (TPSA) is 35.2 Å². The summed E-state index contributed by atoms with van der Waals surface area (Å²) in [7, 11) is 1.68. The van der Waals surface area contributed by atoms with Crippen molar-refractivity contribution >= 4 is 0 Å². The Balaban J connectivity index is 1.90. The van der Waals surface area contributed by atoms with Gasteiger partial charge in [0.05, 0.1) is 13.2 Å². The zero-order valence-corrected chi connectivity index (χ0v) is 12.4. The second-order valence-electron chi connectivity index (χ2n) is 5.56. The third-order valence-electron chi connectivity index (χ3n) is 4.40. The van der Waals surface area contributed by atoms with Crippen LogP contribution in [-0.4, -0.2) is 7.11 Å². The summed E-state index contributed by atoms with van der Waals surface area (Å²) in [5.41, 5.74) is 13.8. The molecule has 4 rings (SSSR count). The Morgan fingerprint density at radius 3 is 2.23 bits per heavy atom. The molecule has 0 spiro atoms. The van der Waals surface area contributed by atoms with Gasteiger partial charge in [0.25, 0.3) is 0 Å². The van der Waals surface area contributed by atoms with Gasteiger partial charge in [-0.1, -0.05) is 54.6 Å². The number of benzene rings is 3. The minimum absolute atomic E-state index is 0.0653. The van der Waals surface area contributed by atoms with E-state index in [2.05, 4.69) is 54.6 Å². The standard InChI is InChI=1S/C20H17NO/c1-22-14-11-9-13(10-12-14)15-7-4-8-17-16-5-2-3-6-18(16)20(21)19(15)17/h2-12,20H,21H2,1H3. The fourth-order valence-corrected chi connectivity index (χ4v) is 3.33. The molecule has 0 aliphatic heterocycles. The van der Waals surface area contributed by atoms with Gasteiger partial charge in [0, 0.05) is 0 Å². The first-order chi connectivity index (χ1) is 10.8. The average Bonchev–Trinajstić information content (AvgIpc) is 2.89. The Hall–Kier alpha value is -2.58. The molecule has 2 heteroatoms. The summed E-state index contributed by atoms with van der Waals surface area (Å²) in [5.74, 6) is 0.865. The van der Waals surface area contributed by atoms with Gasteiger partial charge in [-0.3, -0.25) is 0 Å². The first kappa shape index (κ1) is 13.1. The molecule has 0 saturated carbocycles. The van der Waals surface area contributed by atoms with E-state index >= 15 is 0 Å². The number of methoxy groups -OCH3 is 1. The van der Waals surface area contributed by atoms with E-state index < -0.39 is 0 Å². The number of ether oxygens (including phenoxy) is 1. The van der Waals surface area contributed by atoms with E-state index in [1.807, 2.05) is 12.1 Å². The quantitative estimate of drug-likeness (QED) is 0.758. The Labute approximate surface area is 130 Å². The summed E-state index contributed by atoms with van der Waals surface area (Å²) in [4.78, 5) is 0. The molecule has 0 heterocycles. The molecule has 0 saturated heterocycles. The van der Waals surface area contributed by atoms with E-state index in [1.54, 1.807) is 7.11 Å². The van der Waals surface area contributed by atoms with Gasteiger partial charge < -0.3 is 10.5 Å². The molecule has 2 nitrogen and oxygen atoms in total. The summed E-state index contributed by atoms with van der Waals surface area (Å²) < 4.78 is 5.24. The SMILES string of the molecule is COc1ccc(-c2cccc3c2C(N)c2ccccc2-3)cc1. The van der Waals surface area contributed by atoms with Crippen LogP contribution in [0.25, 0.3) is 22.3 Å². The number of nitrogens with two attached hydrogens (primary N) is 1. The molecule has 1 atom stereocenters. The van der Waals surface area contributed by atoms with Crippen LogP contribution in [0.5, 0.6) is 5.75 Å². The predicted molar refractivity (Wildman–Crippen MR) is 89.9 cm³/mol. The van der Waals surface area contributed by atoms with E-state index in [4.69, 9.17) is 10.5 Å². The summed E-state index contributed by atoms with van der Waals surface area (Å²) in [6.07, 6.45) is 0. The highest BCUT2D eigenvalue weighted by Gasteiger charge is 2.27. The monoisotopic (exact) mass is 287 g/mol. The number of hydrogen-bond acceptors (Lipinski definition) is 2. The number of rotatable bonds is 2. The lowest BCUT2D eigenvalue weighted by Crippen LogP contribution is -2.09. The molecule has 22 heavy (non-hydrogen) atoms. The summed E-state index contributed by atoms with van der Waals surface area (Å²) >= 11 is 0. The summed E-state index contributed by atoms with van der Waals surface area (Å²) in [6, 6.07) is 22.9. The third-order valence-corrected chi connectivity index (χ3v) is 4.40. The van der Waals surface area contributed by atoms with Crippen molar-refractivity contribution in [3.8, 4) is 28.0 Å². The number of fused-ring (bicyclic) bond motifs is 3. The molecule has 0 amide bonds. The molecule has 0 radical (unpaired) electrons. The van der Waals surface area contributed by atoms with Crippen LogP contribution in [0.3, 0.4) is 0 Å². The second kappa shape index (κ2) is 5.00. The lowest BCUT2D eigenvalue weighted by Gasteiger charge is -2.13. The molecule has 1 aliphatic carbocycles. The molecule has 2 N–H and O–H groups in total. The van der Waals surface area contributed by atoms with Crippen molar-refractivity contribution in [1.82, 2.24) is 0 Å². The van der Waals surface area contributed by atoms with Gasteiger partial charge in [0.1, 0.15) is 5.75 Å². The molecule has 108 valence electrons. The fraction of sp³-hybridized carbons (Fsp3) is 0.100. The minimum Gasteiger partial charge on any atom is -0.497 e. The maximum absolute atomic E-state index is 6.53. The normalized spacial score (nSPS) is 15.3. The van der Waals surface area contributed by atoms with Crippen molar-refractivity contribution in [2.75, 3.05) is 7.11 Å². The Morgan fingerprint density at radius 1 is 0.773 bits per heavy atom. The van der Waals surface area contributed by atoms with Crippen molar-refractivity contribution in [3.05, 3.63) is 77.9 Å². The smallest absolute Gasteiger partial charge is 0.118 e. The van der Waals surface area contributed by atoms with E-state index in [0.717, 1.165) is 5.75 Å². The molecule has 0 fully saturated rings. The maximum Gasteiger partial charge on any atom is 0.118 e. The van der Waals surface area contributed by atoms with Crippen molar-refractivity contribution in [3.63, 3.8) is 0 Å². The molecule has 3 aromatic carbocycles. The molecule has 1 unspecified atom stereocenters. The van der Waals surface area contributed by atoms with E-state index in [1.165, 1.54) is 33.4 Å². The highest BCUT2D eigenvalue weighted by Crippen LogP contribution is 2.46. The molecular weight excluding hydrogens is 270 g/mol. The van der Waals surface area contributed by atoms with Crippen molar-refractivity contribution in [2.24, 2.45) is 5.73 Å². The highest BCUT2D eigenvalue weighted by atomic mass is 16.5. The second-order valence-corrected chi connectivity index (χ2v) is 5.56. The Morgan fingerprint density at radius 2 is 1.45 bits per heavy atom. The molecule has 0 aromatic heterocycles. The van der Waals surface area contributed by atoms with Gasteiger partial charge in [-0.2, -0.15) is 0 Å². The van der Waals surface area contributed by atoms with Gasteiger partial charge in [0.15, 0.2) is 0 Å². The van der Waals surface area contributed by atoms with E-state index in [0.29, 0.717) is 0 Å². The van der Waals surface area contributed by atoms with E-state index in [9.17, 15) is 0 Å². The summed E-state index contributed by atoms with van der Waals surface area (Å²) in [6.45, 7) is 0. The Kier molecular flexibility index (Phi) is 2.98. The Bertz CT molecular complexity index is 837. The highest BCUT2D eigenvalue weighted by molar-refractivity contribution is 5.86. The largest absolute Gasteiger partial charge is 0.497 e. The van der Waals surface area contributed by atoms with Crippen LogP contribution in [0, 0.1) is 0 Å². The van der Waals surface area contributed by atoms with Gasteiger partial charge in [-0.25, -0.2) is 0 Å². The maximum atomic E-state index is 6.53. The van der Waals surface area contributed by atoms with Gasteiger partial charge in [-0.15, -0.1) is 0 Å². The van der Waals surface area contributed by atoms with Gasteiger partial charge in [0.2, 0.25) is 0 Å². The zero-order chi connectivity index (χ0) is 15.1. The van der Waals surface area contributed by atoms with Crippen LogP contribution >= 0.6 is 0 Å². The van der Waals surface area contributed by atoms with Crippen LogP contribution in [0.15, 0.2) is 66.7 Å². The van der Waals surface area contributed by atoms with Crippen LogP contribution in [-0.2, 0) is 0 Å². The van der Waals surface area contributed by atoms with Crippen LogP contribution in [0.1, 0.15) is 17.2 Å². The number of hydrogen-bond donors (Lipinski definition) is 1. The first-order valence-electron chi connectivity index (χ1n) is 7.42. The van der Waals surface area contributed by atoms with Crippen molar-refractivity contribution < 1.29 is 4.74 Å². The average molecular weight is 287 g/mol. The van der Waals surface area contributed by atoms with Crippen LogP contribution in [0.4, 0.5) is 0 Å². The molecule has 1 aliphatic rings. The minimum atomic E-state index is -0.0653. The van der Waals surface area contributed by atoms with Crippen LogP contribution < -0.4 is 10.5 Å². The van der Waals surface area contributed by atoms with Gasteiger partial charge in [-0.05, 0) is 45.5 Å². The molecule has 0 bridgehead atoms. The first-order valence-corrected chi connectivity index (χ1v) is 7.42. The van der Waals surface area contributed by atoms with Crippen molar-refractivity contribution in [2.45, 2.75) is 6.04 Å². The summed E-state index contributed by atoms with van der Waals surface area (Å²) in [5, 5.41) is 0. The van der Waals surface area contributed by atoms with Gasteiger partial charge >= 0.3 is 0 Å². The third kappa shape index (κ3) is 1.85. The lowest BCUT2D eigenvalue weighted by molar-refractivity contribution is 0.415. The fourth-order valence-electron chi connectivity index (χ4n) is 3.33. The predicted octanol–water partition coefficient (Wildman–Crippen LogP) is 4.39. The van der Waals surface area contributed by atoms with E-state index in [-0.39, 0.29) is 6.04 Å². The lowest BCUT2D eigenvalue weighted by atomic mass is 9.94. The molecular formula is C20H17NO. The zero-order valence-electron chi connectivity index (χ0n) is 12.4.